The lowest BCUT2D eigenvalue weighted by Gasteiger charge is -2.17. The van der Waals surface area contributed by atoms with Crippen LogP contribution in [0, 0.1) is 5.92 Å². The average Bonchev–Trinajstić information content (AvgIpc) is 3.38. The smallest absolute Gasteiger partial charge is 0.338 e. The number of benzene rings is 2. The minimum absolute atomic E-state index is 0.110. The van der Waals surface area contributed by atoms with Crippen LogP contribution in [-0.4, -0.2) is 37.7 Å². The van der Waals surface area contributed by atoms with Gasteiger partial charge in [0.2, 0.25) is 18.6 Å². The van der Waals surface area contributed by atoms with Crippen LogP contribution >= 0.6 is 0 Å². The maximum absolute atomic E-state index is 12.7. The molecule has 2 aliphatic heterocycles. The highest BCUT2D eigenvalue weighted by Crippen LogP contribution is 2.37. The van der Waals surface area contributed by atoms with Gasteiger partial charge >= 0.3 is 5.97 Å². The Labute approximate surface area is 173 Å². The fourth-order valence-corrected chi connectivity index (χ4v) is 3.43. The van der Waals surface area contributed by atoms with Crippen molar-refractivity contribution in [2.45, 2.75) is 19.8 Å². The van der Waals surface area contributed by atoms with Gasteiger partial charge < -0.3 is 24.4 Å². The van der Waals surface area contributed by atoms with E-state index >= 15 is 0 Å². The van der Waals surface area contributed by atoms with Crippen LogP contribution in [0.2, 0.25) is 0 Å². The number of anilines is 2. The van der Waals surface area contributed by atoms with Crippen LogP contribution < -0.4 is 19.7 Å². The van der Waals surface area contributed by atoms with Crippen molar-refractivity contribution < 1.29 is 28.6 Å². The first kappa shape index (κ1) is 19.8. The number of nitrogens with zero attached hydrogens (tertiary/aromatic N) is 1. The van der Waals surface area contributed by atoms with Crippen LogP contribution in [0.4, 0.5) is 11.4 Å². The van der Waals surface area contributed by atoms with E-state index in [9.17, 15) is 14.4 Å². The maximum Gasteiger partial charge on any atom is 0.338 e. The predicted molar refractivity (Wildman–Crippen MR) is 109 cm³/mol. The van der Waals surface area contributed by atoms with E-state index in [0.717, 1.165) is 6.42 Å². The molecule has 0 aliphatic carbocycles. The third-order valence-corrected chi connectivity index (χ3v) is 4.97. The molecular weight excluding hydrogens is 388 g/mol. The second kappa shape index (κ2) is 8.44. The number of esters is 1. The van der Waals surface area contributed by atoms with Gasteiger partial charge in [-0.2, -0.15) is 0 Å². The monoisotopic (exact) mass is 410 g/mol. The average molecular weight is 410 g/mol. The number of ether oxygens (including phenoxy) is 3. The lowest BCUT2D eigenvalue weighted by atomic mass is 10.1. The van der Waals surface area contributed by atoms with E-state index in [2.05, 4.69) is 5.32 Å². The van der Waals surface area contributed by atoms with Gasteiger partial charge in [-0.3, -0.25) is 9.59 Å². The molecule has 1 N–H and O–H groups in total. The maximum atomic E-state index is 12.7. The topological polar surface area (TPSA) is 94.2 Å². The normalized spacial score (nSPS) is 17.2. The summed E-state index contributed by atoms with van der Waals surface area (Å²) < 4.78 is 15.8. The van der Waals surface area contributed by atoms with Crippen molar-refractivity contribution in [3.05, 3.63) is 48.0 Å². The van der Waals surface area contributed by atoms with Crippen LogP contribution in [0.25, 0.3) is 0 Å². The molecular formula is C22H22N2O6. The van der Waals surface area contributed by atoms with Gasteiger partial charge in [-0.1, -0.05) is 13.0 Å². The van der Waals surface area contributed by atoms with Crippen molar-refractivity contribution in [1.82, 2.24) is 0 Å². The molecule has 0 bridgehead atoms. The van der Waals surface area contributed by atoms with Gasteiger partial charge in [-0.05, 0) is 36.8 Å². The summed E-state index contributed by atoms with van der Waals surface area (Å²) in [7, 11) is 0. The minimum Gasteiger partial charge on any atom is -0.462 e. The number of hydrogen-bond donors (Lipinski definition) is 1. The fourth-order valence-electron chi connectivity index (χ4n) is 3.43. The second-order valence-electron chi connectivity index (χ2n) is 7.15. The van der Waals surface area contributed by atoms with Crippen molar-refractivity contribution >= 4 is 29.2 Å². The molecule has 0 spiro atoms. The Bertz CT molecular complexity index is 989. The number of fused-ring (bicyclic) bond motifs is 1. The summed E-state index contributed by atoms with van der Waals surface area (Å²) in [5.74, 6) is -0.120. The van der Waals surface area contributed by atoms with E-state index in [0.29, 0.717) is 35.0 Å². The van der Waals surface area contributed by atoms with Crippen LogP contribution in [-0.2, 0) is 14.3 Å². The summed E-state index contributed by atoms with van der Waals surface area (Å²) in [6, 6.07) is 11.8. The highest BCUT2D eigenvalue weighted by molar-refractivity contribution is 6.04. The first-order valence-corrected chi connectivity index (χ1v) is 9.83. The van der Waals surface area contributed by atoms with Gasteiger partial charge in [-0.15, -0.1) is 0 Å². The van der Waals surface area contributed by atoms with E-state index < -0.39 is 11.9 Å². The Morgan fingerprint density at radius 3 is 2.83 bits per heavy atom. The van der Waals surface area contributed by atoms with Gasteiger partial charge in [0.05, 0.1) is 18.1 Å². The van der Waals surface area contributed by atoms with Crippen LogP contribution in [0.3, 0.4) is 0 Å². The number of hydrogen-bond acceptors (Lipinski definition) is 6. The Hall–Kier alpha value is -3.55. The van der Waals surface area contributed by atoms with Gasteiger partial charge in [-0.25, -0.2) is 4.79 Å². The molecule has 1 fully saturated rings. The molecule has 1 saturated heterocycles. The van der Waals surface area contributed by atoms with Crippen molar-refractivity contribution in [2.75, 3.05) is 30.2 Å². The summed E-state index contributed by atoms with van der Waals surface area (Å²) in [5.41, 5.74) is 1.52. The van der Waals surface area contributed by atoms with Crippen molar-refractivity contribution in [3.8, 4) is 11.5 Å². The highest BCUT2D eigenvalue weighted by Gasteiger charge is 2.35. The van der Waals surface area contributed by atoms with Crippen molar-refractivity contribution in [2.24, 2.45) is 5.92 Å². The quantitative estimate of drug-likeness (QED) is 0.736. The first-order valence-electron chi connectivity index (χ1n) is 9.83. The summed E-state index contributed by atoms with van der Waals surface area (Å²) in [6.45, 7) is 2.68. The molecule has 8 heteroatoms. The Balaban J connectivity index is 1.41. The third-order valence-electron chi connectivity index (χ3n) is 4.97. The SMILES string of the molecule is CCCOC(=O)c1cccc(NC(=O)C2CC(=O)N(c3ccc4c(c3)OCO4)C2)c1. The lowest BCUT2D eigenvalue weighted by molar-refractivity contribution is -0.122. The number of nitrogens with one attached hydrogen (secondary N) is 1. The van der Waals surface area contributed by atoms with Gasteiger partial charge in [0, 0.05) is 30.4 Å². The summed E-state index contributed by atoms with van der Waals surface area (Å²) in [6.07, 6.45) is 0.844. The van der Waals surface area contributed by atoms with E-state index in [1.54, 1.807) is 47.4 Å². The minimum atomic E-state index is -0.501. The molecule has 2 amide bonds. The predicted octanol–water partition coefficient (Wildman–Crippen LogP) is 2.97. The number of amides is 2. The molecule has 1 unspecified atom stereocenters. The molecule has 2 heterocycles. The molecule has 2 aromatic rings. The van der Waals surface area contributed by atoms with Crippen LogP contribution in [0.15, 0.2) is 42.5 Å². The summed E-state index contributed by atoms with van der Waals surface area (Å²) in [4.78, 5) is 38.8. The molecule has 2 aliphatic rings. The van der Waals surface area contributed by atoms with Crippen molar-refractivity contribution in [1.29, 1.82) is 0 Å². The van der Waals surface area contributed by atoms with E-state index in [4.69, 9.17) is 14.2 Å². The van der Waals surface area contributed by atoms with Gasteiger partial charge in [0.1, 0.15) is 0 Å². The van der Waals surface area contributed by atoms with E-state index in [1.165, 1.54) is 0 Å². The largest absolute Gasteiger partial charge is 0.462 e. The lowest BCUT2D eigenvalue weighted by Crippen LogP contribution is -2.28. The Morgan fingerprint density at radius 2 is 2.00 bits per heavy atom. The second-order valence-corrected chi connectivity index (χ2v) is 7.15. The van der Waals surface area contributed by atoms with Crippen LogP contribution in [0.5, 0.6) is 11.5 Å². The zero-order valence-electron chi connectivity index (χ0n) is 16.6. The standard InChI is InChI=1S/C22H22N2O6/c1-2-8-28-22(27)14-4-3-5-16(9-14)23-21(26)15-10-20(25)24(12-15)17-6-7-18-19(11-17)30-13-29-18/h3-7,9,11,15H,2,8,10,12-13H2,1H3,(H,23,26). The number of rotatable bonds is 6. The molecule has 0 radical (unpaired) electrons. The summed E-state index contributed by atoms with van der Waals surface area (Å²) in [5, 5.41) is 2.80. The molecule has 8 nitrogen and oxygen atoms in total. The van der Waals surface area contributed by atoms with Crippen LogP contribution in [0.1, 0.15) is 30.1 Å². The Morgan fingerprint density at radius 1 is 1.17 bits per heavy atom. The molecule has 156 valence electrons. The van der Waals surface area contributed by atoms with Gasteiger partial charge in [0.15, 0.2) is 11.5 Å². The first-order chi connectivity index (χ1) is 14.5. The number of carbonyl (C=O) groups excluding carboxylic acids is 3. The zero-order chi connectivity index (χ0) is 21.1. The summed E-state index contributed by atoms with van der Waals surface area (Å²) >= 11 is 0. The van der Waals surface area contributed by atoms with Gasteiger partial charge in [0.25, 0.3) is 0 Å². The van der Waals surface area contributed by atoms with E-state index in [1.807, 2.05) is 6.92 Å². The fraction of sp³-hybridized carbons (Fsp3) is 0.318. The Kier molecular flexibility index (Phi) is 5.56. The zero-order valence-corrected chi connectivity index (χ0v) is 16.6. The molecule has 1 atom stereocenters. The third kappa shape index (κ3) is 4.07. The molecule has 30 heavy (non-hydrogen) atoms. The molecule has 0 aromatic heterocycles. The van der Waals surface area contributed by atoms with Crippen molar-refractivity contribution in [3.63, 3.8) is 0 Å². The number of carbonyl (C=O) groups is 3. The molecule has 0 saturated carbocycles. The highest BCUT2D eigenvalue weighted by atomic mass is 16.7. The molecule has 4 rings (SSSR count). The molecule has 2 aromatic carbocycles. The van der Waals surface area contributed by atoms with E-state index in [-0.39, 0.29) is 31.6 Å².